The van der Waals surface area contributed by atoms with Crippen LogP contribution in [0.25, 0.3) is 0 Å². The van der Waals surface area contributed by atoms with Crippen molar-refractivity contribution in [3.05, 3.63) is 58.9 Å². The van der Waals surface area contributed by atoms with E-state index in [4.69, 9.17) is 21.4 Å². The van der Waals surface area contributed by atoms with E-state index in [1.165, 1.54) is 12.1 Å². The van der Waals surface area contributed by atoms with E-state index in [1.54, 1.807) is 24.3 Å². The number of guanidine groups is 1. The lowest BCUT2D eigenvalue weighted by atomic mass is 10.1. The van der Waals surface area contributed by atoms with Crippen molar-refractivity contribution in [2.45, 2.75) is 38.2 Å². The molecule has 1 aliphatic heterocycles. The van der Waals surface area contributed by atoms with Gasteiger partial charge in [-0.1, -0.05) is 23.7 Å². The number of alkyl halides is 1. The Bertz CT molecular complexity index is 1100. The van der Waals surface area contributed by atoms with Crippen molar-refractivity contribution in [3.63, 3.8) is 0 Å². The SMILES string of the molecule is O=C(O)CCNC(=O)N/C(=N\c1ccc(OC2CCC(F)C=N2)c(F)c1)NCc1ccc(Cl)cc1. The molecule has 0 radical (unpaired) electrons. The van der Waals surface area contributed by atoms with Gasteiger partial charge in [-0.15, -0.1) is 0 Å². The van der Waals surface area contributed by atoms with Crippen molar-refractivity contribution in [3.8, 4) is 5.75 Å². The summed E-state index contributed by atoms with van der Waals surface area (Å²) in [5, 5.41) is 17.1. The van der Waals surface area contributed by atoms with Crippen LogP contribution in [0.1, 0.15) is 24.8 Å². The highest BCUT2D eigenvalue weighted by molar-refractivity contribution is 6.30. The number of aliphatic carboxylic acids is 1. The number of rotatable bonds is 8. The molecule has 0 spiro atoms. The van der Waals surface area contributed by atoms with Gasteiger partial charge in [0.1, 0.15) is 6.17 Å². The largest absolute Gasteiger partial charge is 0.481 e. The van der Waals surface area contributed by atoms with Gasteiger partial charge in [-0.25, -0.2) is 18.6 Å². The fourth-order valence-electron chi connectivity index (χ4n) is 2.99. The molecule has 0 saturated carbocycles. The molecule has 0 fully saturated rings. The molecule has 2 atom stereocenters. The van der Waals surface area contributed by atoms with Gasteiger partial charge in [-0.3, -0.25) is 15.1 Å². The number of amides is 2. The summed E-state index contributed by atoms with van der Waals surface area (Å²) in [4.78, 5) is 31.0. The third-order valence-corrected chi connectivity index (χ3v) is 5.00. The highest BCUT2D eigenvalue weighted by atomic mass is 35.5. The van der Waals surface area contributed by atoms with Crippen LogP contribution < -0.4 is 20.7 Å². The molecule has 1 aliphatic rings. The maximum atomic E-state index is 14.6. The minimum absolute atomic E-state index is 0.00621. The highest BCUT2D eigenvalue weighted by Gasteiger charge is 2.19. The number of halogens is 3. The molecular weight excluding hydrogens is 484 g/mol. The molecule has 1 heterocycles. The molecule has 2 unspecified atom stereocenters. The molecule has 3 rings (SSSR count). The van der Waals surface area contributed by atoms with Gasteiger partial charge in [0.2, 0.25) is 5.96 Å². The summed E-state index contributed by atoms with van der Waals surface area (Å²) >= 11 is 5.90. The molecule has 35 heavy (non-hydrogen) atoms. The second kappa shape index (κ2) is 12.7. The van der Waals surface area contributed by atoms with Crippen molar-refractivity contribution >= 4 is 41.5 Å². The summed E-state index contributed by atoms with van der Waals surface area (Å²) in [5.74, 6) is -1.81. The molecule has 2 aromatic rings. The van der Waals surface area contributed by atoms with Crippen molar-refractivity contribution in [1.29, 1.82) is 0 Å². The number of carbonyl (C=O) groups is 2. The number of carbonyl (C=O) groups excluding carboxylic acids is 1. The Balaban J connectivity index is 1.71. The van der Waals surface area contributed by atoms with E-state index >= 15 is 0 Å². The zero-order valence-corrected chi connectivity index (χ0v) is 19.3. The quantitative estimate of drug-likeness (QED) is 0.318. The average Bonchev–Trinajstić information content (AvgIpc) is 2.81. The zero-order chi connectivity index (χ0) is 25.2. The van der Waals surface area contributed by atoms with E-state index in [0.717, 1.165) is 17.8 Å². The van der Waals surface area contributed by atoms with Crippen LogP contribution in [0.15, 0.2) is 52.4 Å². The van der Waals surface area contributed by atoms with Crippen LogP contribution in [0.2, 0.25) is 5.02 Å². The van der Waals surface area contributed by atoms with Crippen LogP contribution in [-0.4, -0.2) is 48.2 Å². The zero-order valence-electron chi connectivity index (χ0n) is 18.5. The van der Waals surface area contributed by atoms with Crippen LogP contribution in [-0.2, 0) is 11.3 Å². The molecule has 186 valence electrons. The van der Waals surface area contributed by atoms with E-state index in [0.29, 0.717) is 11.4 Å². The molecule has 0 aromatic heterocycles. The van der Waals surface area contributed by atoms with Crippen molar-refractivity contribution < 1.29 is 28.2 Å². The van der Waals surface area contributed by atoms with Gasteiger partial charge in [0.05, 0.1) is 12.1 Å². The molecule has 9 nitrogen and oxygen atoms in total. The average molecular weight is 508 g/mol. The number of nitrogens with zero attached hydrogens (tertiary/aromatic N) is 2. The van der Waals surface area contributed by atoms with Gasteiger partial charge in [0, 0.05) is 36.8 Å². The first kappa shape index (κ1) is 25.9. The number of hydrogen-bond donors (Lipinski definition) is 4. The van der Waals surface area contributed by atoms with Gasteiger partial charge >= 0.3 is 12.0 Å². The first-order valence-corrected chi connectivity index (χ1v) is 11.1. The fourth-order valence-corrected chi connectivity index (χ4v) is 3.12. The predicted octanol–water partition coefficient (Wildman–Crippen LogP) is 3.94. The third kappa shape index (κ3) is 8.85. The minimum Gasteiger partial charge on any atom is -0.481 e. The Morgan fingerprint density at radius 3 is 2.60 bits per heavy atom. The van der Waals surface area contributed by atoms with Crippen molar-refractivity contribution in [2.75, 3.05) is 6.54 Å². The normalized spacial score (nSPS) is 17.5. The molecular formula is C23H24ClF2N5O4. The van der Waals surface area contributed by atoms with Crippen LogP contribution in [0.4, 0.5) is 19.3 Å². The number of carboxylic acid groups (broad SMARTS) is 1. The molecule has 2 amide bonds. The summed E-state index contributed by atoms with van der Waals surface area (Å²) < 4.78 is 33.3. The molecule has 4 N–H and O–H groups in total. The number of aliphatic imine (C=N–C) groups is 2. The molecule has 0 bridgehead atoms. The summed E-state index contributed by atoms with van der Waals surface area (Å²) in [6, 6.07) is 10.3. The van der Waals surface area contributed by atoms with Gasteiger partial charge < -0.3 is 20.5 Å². The Hall–Kier alpha value is -3.73. The van der Waals surface area contributed by atoms with Crippen LogP contribution in [0.5, 0.6) is 5.75 Å². The fraction of sp³-hybridized carbons (Fsp3) is 0.304. The predicted molar refractivity (Wildman–Crippen MR) is 128 cm³/mol. The number of benzene rings is 2. The second-order valence-electron chi connectivity index (χ2n) is 7.54. The van der Waals surface area contributed by atoms with E-state index < -0.39 is 30.2 Å². The minimum atomic E-state index is -1.12. The number of ether oxygens (including phenoxy) is 1. The Morgan fingerprint density at radius 2 is 1.94 bits per heavy atom. The van der Waals surface area contributed by atoms with Gasteiger partial charge in [0.15, 0.2) is 17.8 Å². The maximum absolute atomic E-state index is 14.6. The molecule has 12 heteroatoms. The maximum Gasteiger partial charge on any atom is 0.321 e. The monoisotopic (exact) mass is 507 g/mol. The lowest BCUT2D eigenvalue weighted by molar-refractivity contribution is -0.136. The van der Waals surface area contributed by atoms with E-state index in [1.807, 2.05) is 0 Å². The Morgan fingerprint density at radius 1 is 1.17 bits per heavy atom. The highest BCUT2D eigenvalue weighted by Crippen LogP contribution is 2.26. The summed E-state index contributed by atoms with van der Waals surface area (Å²) in [7, 11) is 0. The van der Waals surface area contributed by atoms with Crippen molar-refractivity contribution in [2.24, 2.45) is 9.98 Å². The first-order chi connectivity index (χ1) is 16.8. The summed E-state index contributed by atoms with van der Waals surface area (Å²) in [6.07, 6.45) is -0.307. The van der Waals surface area contributed by atoms with Gasteiger partial charge in [-0.2, -0.15) is 0 Å². The summed E-state index contributed by atoms with van der Waals surface area (Å²) in [5.41, 5.74) is 1.02. The second-order valence-corrected chi connectivity index (χ2v) is 7.98. The lowest BCUT2D eigenvalue weighted by Crippen LogP contribution is -2.46. The van der Waals surface area contributed by atoms with E-state index in [9.17, 15) is 18.4 Å². The topological polar surface area (TPSA) is 124 Å². The number of urea groups is 1. The Labute approximate surface area is 205 Å². The van der Waals surface area contributed by atoms with Gasteiger partial charge in [0.25, 0.3) is 0 Å². The summed E-state index contributed by atoms with van der Waals surface area (Å²) in [6.45, 7) is 0.184. The number of carboxylic acids is 1. The Kier molecular flexibility index (Phi) is 9.36. The van der Waals surface area contributed by atoms with Gasteiger partial charge in [-0.05, 0) is 36.2 Å². The van der Waals surface area contributed by atoms with Crippen molar-refractivity contribution in [1.82, 2.24) is 16.0 Å². The smallest absolute Gasteiger partial charge is 0.321 e. The van der Waals surface area contributed by atoms with Crippen LogP contribution >= 0.6 is 11.6 Å². The number of nitrogens with one attached hydrogen (secondary N) is 3. The van der Waals surface area contributed by atoms with E-state index in [-0.39, 0.29) is 43.3 Å². The first-order valence-electron chi connectivity index (χ1n) is 10.8. The third-order valence-electron chi connectivity index (χ3n) is 4.75. The van der Waals surface area contributed by atoms with Crippen LogP contribution in [0.3, 0.4) is 0 Å². The van der Waals surface area contributed by atoms with E-state index in [2.05, 4.69) is 25.9 Å². The molecule has 0 saturated heterocycles. The number of hydrogen-bond acceptors (Lipinski definition) is 5. The molecule has 0 aliphatic carbocycles. The lowest BCUT2D eigenvalue weighted by Gasteiger charge is -2.19. The molecule has 2 aromatic carbocycles. The standard InChI is InChI=1S/C23H24ClF2N5O4/c24-15-3-1-14(2-4-15)12-29-22(31-23(34)27-10-9-21(32)33)30-17-6-7-19(18(26)11-17)35-20-8-5-16(25)13-28-20/h1-4,6-7,11,13,16,20H,5,8-10,12H2,(H,32,33)(H3,27,29,30,31,34). The van der Waals surface area contributed by atoms with Crippen LogP contribution in [0, 0.1) is 5.82 Å².